The fourth-order valence-electron chi connectivity index (χ4n) is 2.43. The summed E-state index contributed by atoms with van der Waals surface area (Å²) in [5.41, 5.74) is 0.900. The summed E-state index contributed by atoms with van der Waals surface area (Å²) in [5.74, 6) is 0.0595. The lowest BCUT2D eigenvalue weighted by Crippen LogP contribution is -2.26. The zero-order valence-electron chi connectivity index (χ0n) is 10.6. The van der Waals surface area contributed by atoms with Crippen molar-refractivity contribution >= 4 is 15.5 Å². The van der Waals surface area contributed by atoms with Crippen LogP contribution in [0.25, 0.3) is 0 Å². The van der Waals surface area contributed by atoms with Gasteiger partial charge in [0.2, 0.25) is 0 Å². The number of benzene rings is 1. The molecule has 19 heavy (non-hydrogen) atoms. The number of nitrogens with zero attached hydrogens (tertiary/aromatic N) is 2. The molecule has 4 nitrogen and oxygen atoms in total. The molecule has 0 unspecified atom stereocenters. The lowest BCUT2D eigenvalue weighted by molar-refractivity contribution is 0.581. The van der Waals surface area contributed by atoms with Gasteiger partial charge in [0, 0.05) is 13.6 Å². The second kappa shape index (κ2) is 5.17. The van der Waals surface area contributed by atoms with Gasteiger partial charge in [-0.3, -0.25) is 0 Å². The fourth-order valence-corrected chi connectivity index (χ4v) is 4.28. The maximum Gasteiger partial charge on any atom is 0.150 e. The second-order valence-electron chi connectivity index (χ2n) is 4.92. The highest BCUT2D eigenvalue weighted by Crippen LogP contribution is 2.24. The van der Waals surface area contributed by atoms with Crippen molar-refractivity contribution in [3.05, 3.63) is 29.6 Å². The predicted molar refractivity (Wildman–Crippen MR) is 71.1 cm³/mol. The van der Waals surface area contributed by atoms with E-state index in [-0.39, 0.29) is 23.0 Å². The van der Waals surface area contributed by atoms with E-state index in [4.69, 9.17) is 5.26 Å². The first kappa shape index (κ1) is 13.8. The molecule has 6 heteroatoms. The van der Waals surface area contributed by atoms with E-state index in [0.29, 0.717) is 18.7 Å². The molecule has 1 aromatic carbocycles. The normalized spacial score (nSPS) is 21.0. The van der Waals surface area contributed by atoms with Gasteiger partial charge in [0.1, 0.15) is 11.9 Å². The summed E-state index contributed by atoms with van der Waals surface area (Å²) >= 11 is 0. The molecule has 0 aromatic heterocycles. The minimum absolute atomic E-state index is 0.0756. The third kappa shape index (κ3) is 3.24. The van der Waals surface area contributed by atoms with Gasteiger partial charge in [-0.1, -0.05) is 0 Å². The van der Waals surface area contributed by atoms with E-state index in [1.807, 2.05) is 11.0 Å². The van der Waals surface area contributed by atoms with E-state index >= 15 is 0 Å². The highest BCUT2D eigenvalue weighted by molar-refractivity contribution is 7.91. The largest absolute Gasteiger partial charge is 0.373 e. The average Bonchev–Trinajstić information content (AvgIpc) is 2.68. The Bertz CT molecular complexity index is 622. The molecule has 1 heterocycles. The second-order valence-corrected chi connectivity index (χ2v) is 7.15. The minimum atomic E-state index is -2.90. The quantitative estimate of drug-likeness (QED) is 0.844. The summed E-state index contributed by atoms with van der Waals surface area (Å²) in [6, 6.07) is 6.01. The SMILES string of the molecule is CN(C[C@@H]1CCS(=O)(=O)C1)c1ccc(F)cc1C#N. The minimum Gasteiger partial charge on any atom is -0.373 e. The molecule has 0 saturated carbocycles. The highest BCUT2D eigenvalue weighted by Gasteiger charge is 2.28. The van der Waals surface area contributed by atoms with E-state index in [1.54, 1.807) is 13.1 Å². The molecule has 1 aromatic rings. The van der Waals surface area contributed by atoms with Crippen LogP contribution in [0.15, 0.2) is 18.2 Å². The molecule has 0 radical (unpaired) electrons. The van der Waals surface area contributed by atoms with E-state index in [1.165, 1.54) is 12.1 Å². The molecule has 1 saturated heterocycles. The van der Waals surface area contributed by atoms with Gasteiger partial charge in [-0.15, -0.1) is 0 Å². The molecule has 1 aliphatic heterocycles. The van der Waals surface area contributed by atoms with Crippen LogP contribution in [0.4, 0.5) is 10.1 Å². The van der Waals surface area contributed by atoms with Gasteiger partial charge in [0.15, 0.2) is 9.84 Å². The Morgan fingerprint density at radius 3 is 2.84 bits per heavy atom. The summed E-state index contributed by atoms with van der Waals surface area (Å²) in [7, 11) is -1.11. The van der Waals surface area contributed by atoms with Crippen molar-refractivity contribution in [3.8, 4) is 6.07 Å². The Morgan fingerprint density at radius 1 is 1.53 bits per heavy atom. The smallest absolute Gasteiger partial charge is 0.150 e. The van der Waals surface area contributed by atoms with Crippen LogP contribution >= 0.6 is 0 Å². The average molecular weight is 282 g/mol. The first-order valence-corrected chi connectivity index (χ1v) is 7.84. The number of anilines is 1. The van der Waals surface area contributed by atoms with Crippen LogP contribution in [0.3, 0.4) is 0 Å². The third-order valence-corrected chi connectivity index (χ3v) is 5.19. The van der Waals surface area contributed by atoms with Crippen LogP contribution in [0.2, 0.25) is 0 Å². The van der Waals surface area contributed by atoms with E-state index in [0.717, 1.165) is 0 Å². The first-order valence-electron chi connectivity index (χ1n) is 6.02. The first-order chi connectivity index (χ1) is 8.91. The van der Waals surface area contributed by atoms with Crippen LogP contribution in [0, 0.1) is 23.1 Å². The summed E-state index contributed by atoms with van der Waals surface area (Å²) in [6.45, 7) is 0.555. The number of nitriles is 1. The van der Waals surface area contributed by atoms with Gasteiger partial charge in [0.25, 0.3) is 0 Å². The summed E-state index contributed by atoms with van der Waals surface area (Å²) in [6.07, 6.45) is 0.649. The van der Waals surface area contributed by atoms with Gasteiger partial charge < -0.3 is 4.90 Å². The summed E-state index contributed by atoms with van der Waals surface area (Å²) in [5, 5.41) is 9.00. The Morgan fingerprint density at radius 2 is 2.26 bits per heavy atom. The fraction of sp³-hybridized carbons (Fsp3) is 0.462. The molecule has 0 spiro atoms. The van der Waals surface area contributed by atoms with Crippen LogP contribution in [0.5, 0.6) is 0 Å². The Kier molecular flexibility index (Phi) is 3.76. The molecule has 1 aliphatic rings. The molecule has 102 valence electrons. The topological polar surface area (TPSA) is 61.2 Å². The van der Waals surface area contributed by atoms with E-state index in [2.05, 4.69) is 0 Å². The summed E-state index contributed by atoms with van der Waals surface area (Å²) < 4.78 is 35.9. The Hall–Kier alpha value is -1.61. The van der Waals surface area contributed by atoms with E-state index < -0.39 is 15.7 Å². The van der Waals surface area contributed by atoms with Crippen molar-refractivity contribution in [3.63, 3.8) is 0 Å². The standard InChI is InChI=1S/C13H15FN2O2S/c1-16(8-10-4-5-19(17,18)9-10)13-3-2-12(14)6-11(13)7-15/h2-3,6,10H,4-5,8-9H2,1H3/t10-/m0/s1. The predicted octanol–water partition coefficient (Wildman–Crippen LogP) is 1.57. The Labute approximate surface area is 112 Å². The zero-order chi connectivity index (χ0) is 14.0. The maximum absolute atomic E-state index is 13.1. The lowest BCUT2D eigenvalue weighted by Gasteiger charge is -2.23. The van der Waals surface area contributed by atoms with Crippen molar-refractivity contribution in [1.29, 1.82) is 5.26 Å². The van der Waals surface area contributed by atoms with Gasteiger partial charge in [-0.25, -0.2) is 12.8 Å². The van der Waals surface area contributed by atoms with Crippen LogP contribution in [-0.2, 0) is 9.84 Å². The van der Waals surface area contributed by atoms with Crippen LogP contribution in [0.1, 0.15) is 12.0 Å². The van der Waals surface area contributed by atoms with Crippen molar-refractivity contribution in [2.75, 3.05) is 30.0 Å². The molecule has 0 amide bonds. The van der Waals surface area contributed by atoms with Crippen molar-refractivity contribution < 1.29 is 12.8 Å². The van der Waals surface area contributed by atoms with E-state index in [9.17, 15) is 12.8 Å². The van der Waals surface area contributed by atoms with Gasteiger partial charge in [0.05, 0.1) is 22.8 Å². The molecule has 2 rings (SSSR count). The van der Waals surface area contributed by atoms with Gasteiger partial charge in [-0.05, 0) is 30.5 Å². The molecule has 1 fully saturated rings. The number of hydrogen-bond acceptors (Lipinski definition) is 4. The van der Waals surface area contributed by atoms with Gasteiger partial charge in [-0.2, -0.15) is 5.26 Å². The van der Waals surface area contributed by atoms with Crippen LogP contribution < -0.4 is 4.90 Å². The molecule has 1 atom stereocenters. The lowest BCUT2D eigenvalue weighted by atomic mass is 10.1. The number of rotatable bonds is 3. The van der Waals surface area contributed by atoms with Gasteiger partial charge >= 0.3 is 0 Å². The molecule has 0 aliphatic carbocycles. The number of sulfone groups is 1. The molecule has 0 bridgehead atoms. The number of hydrogen-bond donors (Lipinski definition) is 0. The monoisotopic (exact) mass is 282 g/mol. The summed E-state index contributed by atoms with van der Waals surface area (Å²) in [4.78, 5) is 1.82. The molecule has 0 N–H and O–H groups in total. The maximum atomic E-state index is 13.1. The molecular formula is C13H15FN2O2S. The van der Waals surface area contributed by atoms with Crippen LogP contribution in [-0.4, -0.2) is 33.5 Å². The highest BCUT2D eigenvalue weighted by atomic mass is 32.2. The zero-order valence-corrected chi connectivity index (χ0v) is 11.5. The van der Waals surface area contributed by atoms with Crippen molar-refractivity contribution in [1.82, 2.24) is 0 Å². The third-order valence-electron chi connectivity index (χ3n) is 3.35. The Balaban J connectivity index is 2.13. The number of halogens is 1. The van der Waals surface area contributed by atoms with Crippen molar-refractivity contribution in [2.45, 2.75) is 6.42 Å². The van der Waals surface area contributed by atoms with Crippen molar-refractivity contribution in [2.24, 2.45) is 5.92 Å². The molecular weight excluding hydrogens is 267 g/mol.